The van der Waals surface area contributed by atoms with Gasteiger partial charge in [0.05, 0.1) is 6.04 Å². The van der Waals surface area contributed by atoms with Gasteiger partial charge in [-0.3, -0.25) is 9.78 Å². The predicted octanol–water partition coefficient (Wildman–Crippen LogP) is 2.94. The molecule has 2 aliphatic heterocycles. The Balaban J connectivity index is 1.07. The standard InChI is InChI=1S/C21H27N3O3/c25-19(5-3-17-13-27-20(26)23-17)24-11-16(12-24)14-2-4-18(22-10-14)15-8-21(9-15)6-1-7-21/h2,4,10,15-17H,1,3,5-9,11-13H2,(H,23,26)/t17-/m1/s1. The average molecular weight is 369 g/mol. The molecule has 1 N–H and O–H groups in total. The molecule has 4 fully saturated rings. The van der Waals surface area contributed by atoms with Crippen LogP contribution in [0.1, 0.15) is 68.0 Å². The van der Waals surface area contributed by atoms with Crippen molar-refractivity contribution in [3.05, 3.63) is 29.6 Å². The van der Waals surface area contributed by atoms with Crippen LogP contribution in [0.3, 0.4) is 0 Å². The van der Waals surface area contributed by atoms with E-state index in [4.69, 9.17) is 9.72 Å². The molecule has 2 amide bonds. The lowest BCUT2D eigenvalue weighted by Gasteiger charge is -2.54. The first-order valence-electron chi connectivity index (χ1n) is 10.3. The summed E-state index contributed by atoms with van der Waals surface area (Å²) in [4.78, 5) is 29.9. The van der Waals surface area contributed by atoms with Gasteiger partial charge in [0.15, 0.2) is 0 Å². The van der Waals surface area contributed by atoms with Crippen LogP contribution in [0.4, 0.5) is 4.79 Å². The monoisotopic (exact) mass is 369 g/mol. The van der Waals surface area contributed by atoms with E-state index in [2.05, 4.69) is 17.4 Å². The van der Waals surface area contributed by atoms with Crippen LogP contribution < -0.4 is 5.32 Å². The van der Waals surface area contributed by atoms with Crippen molar-refractivity contribution >= 4 is 12.0 Å². The summed E-state index contributed by atoms with van der Waals surface area (Å²) in [6.45, 7) is 1.93. The van der Waals surface area contributed by atoms with Crippen LogP contribution in [0, 0.1) is 5.41 Å². The number of alkyl carbamates (subject to hydrolysis) is 1. The van der Waals surface area contributed by atoms with Crippen LogP contribution in [0.15, 0.2) is 18.3 Å². The number of carbonyl (C=O) groups is 2. The molecule has 144 valence electrons. The molecular formula is C21H27N3O3. The number of pyridine rings is 1. The average Bonchev–Trinajstić information content (AvgIpc) is 2.96. The molecule has 0 bridgehead atoms. The molecular weight excluding hydrogens is 342 g/mol. The molecule has 0 unspecified atom stereocenters. The van der Waals surface area contributed by atoms with E-state index in [1.54, 1.807) is 0 Å². The smallest absolute Gasteiger partial charge is 0.407 e. The van der Waals surface area contributed by atoms with Gasteiger partial charge in [0.2, 0.25) is 5.91 Å². The summed E-state index contributed by atoms with van der Waals surface area (Å²) in [7, 11) is 0. The van der Waals surface area contributed by atoms with E-state index in [9.17, 15) is 9.59 Å². The summed E-state index contributed by atoms with van der Waals surface area (Å²) >= 11 is 0. The molecule has 1 spiro atoms. The highest BCUT2D eigenvalue weighted by atomic mass is 16.6. The van der Waals surface area contributed by atoms with Crippen molar-refractivity contribution in [2.75, 3.05) is 19.7 Å². The van der Waals surface area contributed by atoms with Crippen molar-refractivity contribution in [3.63, 3.8) is 0 Å². The number of carbonyl (C=O) groups excluding carboxylic acids is 2. The van der Waals surface area contributed by atoms with Crippen LogP contribution in [-0.4, -0.2) is 47.6 Å². The van der Waals surface area contributed by atoms with Gasteiger partial charge in [-0.05, 0) is 49.1 Å². The molecule has 3 heterocycles. The minimum absolute atomic E-state index is 0.0270. The van der Waals surface area contributed by atoms with Gasteiger partial charge >= 0.3 is 6.09 Å². The van der Waals surface area contributed by atoms with Crippen molar-refractivity contribution in [2.24, 2.45) is 5.41 Å². The van der Waals surface area contributed by atoms with E-state index in [-0.39, 0.29) is 18.0 Å². The molecule has 6 nitrogen and oxygen atoms in total. The van der Waals surface area contributed by atoms with Gasteiger partial charge in [0.25, 0.3) is 0 Å². The first kappa shape index (κ1) is 17.0. The molecule has 1 aromatic rings. The second kappa shape index (κ2) is 6.50. The van der Waals surface area contributed by atoms with Crippen molar-refractivity contribution < 1.29 is 14.3 Å². The van der Waals surface area contributed by atoms with E-state index < -0.39 is 0 Å². The van der Waals surface area contributed by atoms with Crippen molar-refractivity contribution in [1.29, 1.82) is 0 Å². The van der Waals surface area contributed by atoms with E-state index in [1.807, 2.05) is 11.1 Å². The third kappa shape index (κ3) is 3.19. The van der Waals surface area contributed by atoms with E-state index in [1.165, 1.54) is 43.4 Å². The Labute approximate surface area is 159 Å². The molecule has 2 saturated carbocycles. The second-order valence-corrected chi connectivity index (χ2v) is 8.95. The Morgan fingerprint density at radius 2 is 2.07 bits per heavy atom. The minimum Gasteiger partial charge on any atom is -0.447 e. The molecule has 0 radical (unpaired) electrons. The van der Waals surface area contributed by atoms with Gasteiger partial charge in [0, 0.05) is 43.2 Å². The number of ether oxygens (including phenoxy) is 1. The maximum absolute atomic E-state index is 12.3. The molecule has 6 heteroatoms. The molecule has 2 saturated heterocycles. The molecule has 1 aromatic heterocycles. The summed E-state index contributed by atoms with van der Waals surface area (Å²) in [5.74, 6) is 1.24. The fourth-order valence-electron chi connectivity index (χ4n) is 5.11. The predicted molar refractivity (Wildman–Crippen MR) is 99.3 cm³/mol. The topological polar surface area (TPSA) is 71.5 Å². The fraction of sp³-hybridized carbons (Fsp3) is 0.667. The van der Waals surface area contributed by atoms with Crippen molar-refractivity contribution in [2.45, 2.75) is 62.8 Å². The lowest BCUT2D eigenvalue weighted by atomic mass is 9.51. The van der Waals surface area contributed by atoms with Gasteiger partial charge in [-0.2, -0.15) is 0 Å². The number of cyclic esters (lactones) is 1. The molecule has 5 rings (SSSR count). The Hall–Kier alpha value is -2.11. The zero-order chi connectivity index (χ0) is 18.4. The number of likely N-dealkylation sites (tertiary alicyclic amines) is 1. The highest BCUT2D eigenvalue weighted by Crippen LogP contribution is 2.61. The number of hydrogen-bond acceptors (Lipinski definition) is 4. The van der Waals surface area contributed by atoms with Gasteiger partial charge in [0.1, 0.15) is 6.61 Å². The van der Waals surface area contributed by atoms with Crippen LogP contribution in [0.2, 0.25) is 0 Å². The van der Waals surface area contributed by atoms with Gasteiger partial charge in [-0.15, -0.1) is 0 Å². The quantitative estimate of drug-likeness (QED) is 0.866. The first-order valence-corrected chi connectivity index (χ1v) is 10.3. The first-order chi connectivity index (χ1) is 13.1. The zero-order valence-corrected chi connectivity index (χ0v) is 15.7. The lowest BCUT2D eigenvalue weighted by Crippen LogP contribution is -2.48. The Kier molecular flexibility index (Phi) is 4.10. The Bertz CT molecular complexity index is 730. The van der Waals surface area contributed by atoms with Crippen LogP contribution in [-0.2, 0) is 9.53 Å². The van der Waals surface area contributed by atoms with Crippen LogP contribution >= 0.6 is 0 Å². The van der Waals surface area contributed by atoms with Crippen molar-refractivity contribution in [1.82, 2.24) is 15.2 Å². The Morgan fingerprint density at radius 3 is 2.67 bits per heavy atom. The number of amides is 2. The van der Waals surface area contributed by atoms with Gasteiger partial charge < -0.3 is 15.0 Å². The minimum atomic E-state index is -0.378. The summed E-state index contributed by atoms with van der Waals surface area (Å²) in [6.07, 6.45) is 9.68. The largest absolute Gasteiger partial charge is 0.447 e. The van der Waals surface area contributed by atoms with E-state index >= 15 is 0 Å². The highest BCUT2D eigenvalue weighted by Gasteiger charge is 2.48. The van der Waals surface area contributed by atoms with Crippen LogP contribution in [0.5, 0.6) is 0 Å². The lowest BCUT2D eigenvalue weighted by molar-refractivity contribution is -0.135. The van der Waals surface area contributed by atoms with Crippen LogP contribution in [0.25, 0.3) is 0 Å². The van der Waals surface area contributed by atoms with E-state index in [0.29, 0.717) is 36.7 Å². The SMILES string of the molecule is O=C1N[C@H](CCC(=O)N2CC(c3ccc(C4CC5(CCC5)C4)nc3)C2)CO1. The second-order valence-electron chi connectivity index (χ2n) is 8.95. The number of aromatic nitrogens is 1. The number of nitrogens with one attached hydrogen (secondary N) is 1. The molecule has 0 aromatic carbocycles. The number of nitrogens with zero attached hydrogens (tertiary/aromatic N) is 2. The fourth-order valence-corrected chi connectivity index (χ4v) is 5.11. The third-order valence-corrected chi connectivity index (χ3v) is 7.15. The normalized spacial score (nSPS) is 26.7. The molecule has 1 atom stereocenters. The molecule has 4 aliphatic rings. The van der Waals surface area contributed by atoms with Gasteiger partial charge in [-0.1, -0.05) is 12.5 Å². The summed E-state index contributed by atoms with van der Waals surface area (Å²) in [6, 6.07) is 4.39. The highest BCUT2D eigenvalue weighted by molar-refractivity contribution is 5.77. The molecule has 27 heavy (non-hydrogen) atoms. The maximum Gasteiger partial charge on any atom is 0.407 e. The van der Waals surface area contributed by atoms with E-state index in [0.717, 1.165) is 13.1 Å². The maximum atomic E-state index is 12.3. The summed E-state index contributed by atoms with van der Waals surface area (Å²) < 4.78 is 4.85. The van der Waals surface area contributed by atoms with Gasteiger partial charge in [-0.25, -0.2) is 4.79 Å². The molecule has 2 aliphatic carbocycles. The number of rotatable bonds is 5. The zero-order valence-electron chi connectivity index (χ0n) is 15.7. The third-order valence-electron chi connectivity index (χ3n) is 7.15. The van der Waals surface area contributed by atoms with Crippen molar-refractivity contribution in [3.8, 4) is 0 Å². The Morgan fingerprint density at radius 1 is 1.26 bits per heavy atom. The number of hydrogen-bond donors (Lipinski definition) is 1. The summed E-state index contributed by atoms with van der Waals surface area (Å²) in [5, 5.41) is 2.71. The summed E-state index contributed by atoms with van der Waals surface area (Å²) in [5.41, 5.74) is 3.19.